The summed E-state index contributed by atoms with van der Waals surface area (Å²) >= 11 is 5.87. The van der Waals surface area contributed by atoms with Crippen LogP contribution in [0.5, 0.6) is 0 Å². The summed E-state index contributed by atoms with van der Waals surface area (Å²) < 4.78 is 5.31. The van der Waals surface area contributed by atoms with Crippen LogP contribution in [0.1, 0.15) is 36.0 Å². The Morgan fingerprint density at radius 2 is 2.25 bits per heavy atom. The van der Waals surface area contributed by atoms with Crippen LogP contribution in [0.2, 0.25) is 5.02 Å². The summed E-state index contributed by atoms with van der Waals surface area (Å²) in [5.74, 6) is -0.363. The third-order valence-electron chi connectivity index (χ3n) is 3.76. The number of rotatable bonds is 4. The molecule has 1 aromatic carbocycles. The van der Waals surface area contributed by atoms with Crippen molar-refractivity contribution in [1.82, 2.24) is 4.90 Å². The number of nitrogens with zero attached hydrogens (tertiary/aromatic N) is 1. The Morgan fingerprint density at radius 1 is 1.45 bits per heavy atom. The van der Waals surface area contributed by atoms with Crippen molar-refractivity contribution in [1.29, 1.82) is 0 Å². The first-order valence-electron chi connectivity index (χ1n) is 6.99. The zero-order chi connectivity index (χ0) is 14.5. The van der Waals surface area contributed by atoms with Crippen LogP contribution in [-0.2, 0) is 4.74 Å². The highest BCUT2D eigenvalue weighted by Crippen LogP contribution is 2.19. The molecular weight excluding hydrogens is 276 g/mol. The molecule has 2 rings (SSSR count). The lowest BCUT2D eigenvalue weighted by molar-refractivity contribution is 0.0450. The largest absolute Gasteiger partial charge is 0.462 e. The van der Waals surface area contributed by atoms with Gasteiger partial charge >= 0.3 is 5.97 Å². The Morgan fingerprint density at radius 3 is 2.95 bits per heavy atom. The fraction of sp³-hybridized carbons (Fsp3) is 0.533. The molecule has 1 atom stereocenters. The molecule has 1 unspecified atom stereocenters. The standard InChI is InChI=1S/C15H21ClN2O2/c1-18-6-3-2-4-14(18)5-7-20-15(19)11-8-12(16)10-13(17)9-11/h8-10,14H,2-7,17H2,1H3. The van der Waals surface area contributed by atoms with Crippen molar-refractivity contribution >= 4 is 23.3 Å². The minimum Gasteiger partial charge on any atom is -0.462 e. The molecule has 20 heavy (non-hydrogen) atoms. The van der Waals surface area contributed by atoms with Crippen LogP contribution in [0.4, 0.5) is 5.69 Å². The molecule has 0 bridgehead atoms. The number of likely N-dealkylation sites (tertiary alicyclic amines) is 1. The molecule has 0 spiro atoms. The molecule has 110 valence electrons. The maximum Gasteiger partial charge on any atom is 0.338 e. The van der Waals surface area contributed by atoms with E-state index in [-0.39, 0.29) is 5.97 Å². The Balaban J connectivity index is 1.82. The van der Waals surface area contributed by atoms with Crippen LogP contribution in [0.3, 0.4) is 0 Å². The SMILES string of the molecule is CN1CCCCC1CCOC(=O)c1cc(N)cc(Cl)c1. The second-order valence-corrected chi connectivity index (χ2v) is 5.76. The minimum absolute atomic E-state index is 0.363. The lowest BCUT2D eigenvalue weighted by Crippen LogP contribution is -2.37. The number of carbonyl (C=O) groups is 1. The average molecular weight is 297 g/mol. The van der Waals surface area contributed by atoms with Gasteiger partial charge in [-0.15, -0.1) is 0 Å². The Bertz CT molecular complexity index is 459. The van der Waals surface area contributed by atoms with Crippen molar-refractivity contribution in [2.75, 3.05) is 25.9 Å². The first-order chi connectivity index (χ1) is 9.56. The molecule has 0 aliphatic carbocycles. The van der Waals surface area contributed by atoms with E-state index in [9.17, 15) is 4.79 Å². The van der Waals surface area contributed by atoms with Crippen LogP contribution in [-0.4, -0.2) is 37.1 Å². The highest BCUT2D eigenvalue weighted by molar-refractivity contribution is 6.31. The van der Waals surface area contributed by atoms with Gasteiger partial charge in [0, 0.05) is 16.8 Å². The zero-order valence-corrected chi connectivity index (χ0v) is 12.5. The lowest BCUT2D eigenvalue weighted by atomic mass is 10.0. The summed E-state index contributed by atoms with van der Waals surface area (Å²) in [6, 6.07) is 5.28. The van der Waals surface area contributed by atoms with E-state index < -0.39 is 0 Å². The second-order valence-electron chi connectivity index (χ2n) is 5.33. The normalized spacial score (nSPS) is 19.8. The maximum atomic E-state index is 11.9. The number of hydrogen-bond donors (Lipinski definition) is 1. The van der Waals surface area contributed by atoms with E-state index in [2.05, 4.69) is 11.9 Å². The Kier molecular flexibility index (Phi) is 5.26. The van der Waals surface area contributed by atoms with Gasteiger partial charge in [0.15, 0.2) is 0 Å². The summed E-state index contributed by atoms with van der Waals surface area (Å²) in [5.41, 5.74) is 6.54. The third-order valence-corrected chi connectivity index (χ3v) is 3.98. The topological polar surface area (TPSA) is 55.6 Å². The van der Waals surface area contributed by atoms with Gasteiger partial charge in [0.1, 0.15) is 0 Å². The van der Waals surface area contributed by atoms with Crippen molar-refractivity contribution in [3.05, 3.63) is 28.8 Å². The fourth-order valence-electron chi connectivity index (χ4n) is 2.61. The third kappa shape index (κ3) is 4.12. The predicted molar refractivity (Wildman–Crippen MR) is 81.0 cm³/mol. The first-order valence-corrected chi connectivity index (χ1v) is 7.37. The highest BCUT2D eigenvalue weighted by Gasteiger charge is 2.19. The minimum atomic E-state index is -0.363. The van der Waals surface area contributed by atoms with Crippen molar-refractivity contribution in [3.8, 4) is 0 Å². The van der Waals surface area contributed by atoms with Gasteiger partial charge in [0.05, 0.1) is 12.2 Å². The summed E-state index contributed by atoms with van der Waals surface area (Å²) in [6.07, 6.45) is 4.57. The van der Waals surface area contributed by atoms with Crippen LogP contribution >= 0.6 is 11.6 Å². The number of esters is 1. The number of halogens is 1. The lowest BCUT2D eigenvalue weighted by Gasteiger charge is -2.32. The summed E-state index contributed by atoms with van der Waals surface area (Å²) in [4.78, 5) is 14.3. The van der Waals surface area contributed by atoms with E-state index in [0.717, 1.165) is 13.0 Å². The molecule has 1 saturated heterocycles. The number of ether oxygens (including phenoxy) is 1. The fourth-order valence-corrected chi connectivity index (χ4v) is 2.85. The Hall–Kier alpha value is -1.26. The molecule has 5 heteroatoms. The van der Waals surface area contributed by atoms with Crippen LogP contribution in [0, 0.1) is 0 Å². The number of nitrogen functional groups attached to an aromatic ring is 1. The molecule has 1 aromatic rings. The van der Waals surface area contributed by atoms with E-state index >= 15 is 0 Å². The van der Waals surface area contributed by atoms with Gasteiger partial charge in [-0.2, -0.15) is 0 Å². The van der Waals surface area contributed by atoms with Gasteiger partial charge in [0.2, 0.25) is 0 Å². The summed E-state index contributed by atoms with van der Waals surface area (Å²) in [7, 11) is 2.13. The molecule has 0 saturated carbocycles. The van der Waals surface area contributed by atoms with Gasteiger partial charge in [-0.05, 0) is 51.1 Å². The quantitative estimate of drug-likeness (QED) is 0.685. The van der Waals surface area contributed by atoms with Crippen LogP contribution in [0.15, 0.2) is 18.2 Å². The molecule has 4 nitrogen and oxygen atoms in total. The number of carbonyl (C=O) groups excluding carboxylic acids is 1. The second kappa shape index (κ2) is 6.95. The van der Waals surface area contributed by atoms with E-state index in [1.165, 1.54) is 19.3 Å². The van der Waals surface area contributed by atoms with Gasteiger partial charge in [0.25, 0.3) is 0 Å². The average Bonchev–Trinajstić information content (AvgIpc) is 2.39. The molecule has 2 N–H and O–H groups in total. The van der Waals surface area contributed by atoms with Gasteiger partial charge in [-0.1, -0.05) is 18.0 Å². The molecule has 0 radical (unpaired) electrons. The van der Waals surface area contributed by atoms with Crippen molar-refractivity contribution in [2.45, 2.75) is 31.7 Å². The number of benzene rings is 1. The van der Waals surface area contributed by atoms with E-state index in [1.54, 1.807) is 18.2 Å². The zero-order valence-electron chi connectivity index (χ0n) is 11.8. The Labute approximate surface area is 124 Å². The highest BCUT2D eigenvalue weighted by atomic mass is 35.5. The van der Waals surface area contributed by atoms with Gasteiger partial charge < -0.3 is 15.4 Å². The molecule has 1 aliphatic heterocycles. The van der Waals surface area contributed by atoms with Crippen molar-refractivity contribution < 1.29 is 9.53 Å². The summed E-state index contributed by atoms with van der Waals surface area (Å²) in [6.45, 7) is 1.56. The summed E-state index contributed by atoms with van der Waals surface area (Å²) in [5, 5.41) is 0.448. The maximum absolute atomic E-state index is 11.9. The van der Waals surface area contributed by atoms with Gasteiger partial charge in [-0.25, -0.2) is 4.79 Å². The number of anilines is 1. The predicted octanol–water partition coefficient (Wildman–Crippen LogP) is 2.95. The molecule has 0 aromatic heterocycles. The van der Waals surface area contributed by atoms with E-state index in [4.69, 9.17) is 22.1 Å². The monoisotopic (exact) mass is 296 g/mol. The molecule has 1 aliphatic rings. The molecule has 1 heterocycles. The van der Waals surface area contributed by atoms with Crippen molar-refractivity contribution in [2.24, 2.45) is 0 Å². The van der Waals surface area contributed by atoms with Crippen molar-refractivity contribution in [3.63, 3.8) is 0 Å². The number of nitrogens with two attached hydrogens (primary N) is 1. The van der Waals surface area contributed by atoms with Crippen LogP contribution < -0.4 is 5.73 Å². The van der Waals surface area contributed by atoms with Gasteiger partial charge in [-0.3, -0.25) is 0 Å². The molecule has 1 fully saturated rings. The molecular formula is C15H21ClN2O2. The molecule has 0 amide bonds. The number of hydrogen-bond acceptors (Lipinski definition) is 4. The smallest absolute Gasteiger partial charge is 0.338 e. The number of piperidine rings is 1. The first kappa shape index (κ1) is 15.1. The van der Waals surface area contributed by atoms with E-state index in [0.29, 0.717) is 28.9 Å². The van der Waals surface area contributed by atoms with E-state index in [1.807, 2.05) is 0 Å². The van der Waals surface area contributed by atoms with Crippen LogP contribution in [0.25, 0.3) is 0 Å².